The molecule has 3 aromatic rings. The summed E-state index contributed by atoms with van der Waals surface area (Å²) in [4.78, 5) is 30.7. The van der Waals surface area contributed by atoms with E-state index in [2.05, 4.69) is 15.3 Å². The molecule has 1 N–H and O–H groups in total. The van der Waals surface area contributed by atoms with Crippen molar-refractivity contribution in [3.63, 3.8) is 0 Å². The standard InChI is InChI=1S/C16H16ClFN2O2.C8H7Cl2NO2/c1-3-10-5-6-13(12(18)7-10)20-14-8-15(17)19-9-11(14)16(21)22-4-2;1-2-13-8(12)5-4-11-7(10)3-6(5)9/h5-9H,3-4H2,1-2H3,(H,19,20);3-4H,2H2,1H3. The predicted octanol–water partition coefficient (Wildman–Crippen LogP) is 6.92. The number of rotatable bonds is 7. The lowest BCUT2D eigenvalue weighted by Crippen LogP contribution is -2.09. The molecule has 0 atom stereocenters. The van der Waals surface area contributed by atoms with Crippen molar-refractivity contribution in [2.45, 2.75) is 27.2 Å². The van der Waals surface area contributed by atoms with E-state index in [0.29, 0.717) is 12.3 Å². The van der Waals surface area contributed by atoms with Gasteiger partial charge in [0, 0.05) is 12.4 Å². The zero-order valence-corrected chi connectivity index (χ0v) is 21.5. The van der Waals surface area contributed by atoms with E-state index in [9.17, 15) is 14.0 Å². The van der Waals surface area contributed by atoms with Crippen LogP contribution in [0.4, 0.5) is 15.8 Å². The Balaban J connectivity index is 0.000000283. The first-order valence-corrected chi connectivity index (χ1v) is 11.7. The Labute approximate surface area is 217 Å². The normalized spacial score (nSPS) is 10.1. The van der Waals surface area contributed by atoms with Crippen LogP contribution >= 0.6 is 34.8 Å². The van der Waals surface area contributed by atoms with Gasteiger partial charge in [0.1, 0.15) is 21.7 Å². The summed E-state index contributed by atoms with van der Waals surface area (Å²) in [6, 6.07) is 7.75. The molecule has 0 aliphatic carbocycles. The van der Waals surface area contributed by atoms with Gasteiger partial charge in [0.05, 0.1) is 35.2 Å². The molecule has 2 heterocycles. The number of esters is 2. The van der Waals surface area contributed by atoms with Crippen molar-refractivity contribution in [1.29, 1.82) is 0 Å². The predicted molar refractivity (Wildman–Crippen MR) is 134 cm³/mol. The number of benzene rings is 1. The molecule has 0 saturated carbocycles. The van der Waals surface area contributed by atoms with Crippen LogP contribution in [0.5, 0.6) is 0 Å². The van der Waals surface area contributed by atoms with Crippen molar-refractivity contribution in [2.75, 3.05) is 18.5 Å². The van der Waals surface area contributed by atoms with E-state index in [4.69, 9.17) is 44.3 Å². The fourth-order valence-electron chi connectivity index (χ4n) is 2.70. The molecule has 0 aliphatic heterocycles. The van der Waals surface area contributed by atoms with E-state index in [0.717, 1.165) is 12.0 Å². The summed E-state index contributed by atoms with van der Waals surface area (Å²) in [6.45, 7) is 5.91. The number of halogens is 4. The van der Waals surface area contributed by atoms with Gasteiger partial charge in [-0.1, -0.05) is 47.8 Å². The molecule has 0 spiro atoms. The van der Waals surface area contributed by atoms with Crippen molar-refractivity contribution in [3.8, 4) is 0 Å². The van der Waals surface area contributed by atoms with Crippen LogP contribution in [0, 0.1) is 5.82 Å². The van der Waals surface area contributed by atoms with Crippen LogP contribution in [0.25, 0.3) is 0 Å². The SMILES string of the molecule is CCOC(=O)c1cnc(Cl)cc1Cl.CCOC(=O)c1cnc(Cl)cc1Nc1ccc(CC)cc1F. The minimum Gasteiger partial charge on any atom is -0.462 e. The van der Waals surface area contributed by atoms with Crippen LogP contribution in [0.2, 0.25) is 15.3 Å². The summed E-state index contributed by atoms with van der Waals surface area (Å²) >= 11 is 17.1. The van der Waals surface area contributed by atoms with Crippen LogP contribution in [0.15, 0.2) is 42.7 Å². The Morgan fingerprint density at radius 2 is 1.43 bits per heavy atom. The van der Waals surface area contributed by atoms with E-state index in [1.54, 1.807) is 19.9 Å². The molecule has 0 amide bonds. The molecule has 0 fully saturated rings. The topological polar surface area (TPSA) is 90.4 Å². The van der Waals surface area contributed by atoms with Crippen LogP contribution in [-0.4, -0.2) is 35.1 Å². The molecular weight excluding hydrogens is 520 g/mol. The summed E-state index contributed by atoms with van der Waals surface area (Å²) in [6.07, 6.45) is 3.34. The average molecular weight is 543 g/mol. The van der Waals surface area contributed by atoms with Crippen molar-refractivity contribution >= 4 is 58.1 Å². The van der Waals surface area contributed by atoms with Crippen molar-refractivity contribution in [1.82, 2.24) is 9.97 Å². The number of ether oxygens (including phenoxy) is 2. The Kier molecular flexibility index (Phi) is 11.2. The van der Waals surface area contributed by atoms with E-state index in [-0.39, 0.29) is 38.8 Å². The first-order valence-electron chi connectivity index (χ1n) is 10.6. The minimum atomic E-state index is -0.542. The number of carbonyl (C=O) groups excluding carboxylic acids is 2. The molecule has 0 bridgehead atoms. The summed E-state index contributed by atoms with van der Waals surface area (Å²) in [5.41, 5.74) is 1.92. The number of aryl methyl sites for hydroxylation is 1. The van der Waals surface area contributed by atoms with Crippen molar-refractivity contribution < 1.29 is 23.5 Å². The monoisotopic (exact) mass is 541 g/mol. The van der Waals surface area contributed by atoms with Gasteiger partial charge in [0.2, 0.25) is 0 Å². The summed E-state index contributed by atoms with van der Waals surface area (Å²) in [5.74, 6) is -1.43. The van der Waals surface area contributed by atoms with Gasteiger partial charge in [-0.3, -0.25) is 0 Å². The Hall–Kier alpha value is -2.94. The molecule has 0 aliphatic rings. The lowest BCUT2D eigenvalue weighted by Gasteiger charge is -2.12. The lowest BCUT2D eigenvalue weighted by molar-refractivity contribution is 0.0517. The number of pyridine rings is 2. The lowest BCUT2D eigenvalue weighted by atomic mass is 10.1. The largest absolute Gasteiger partial charge is 0.462 e. The van der Waals surface area contributed by atoms with E-state index in [1.165, 1.54) is 30.6 Å². The number of anilines is 2. The molecule has 35 heavy (non-hydrogen) atoms. The maximum Gasteiger partial charge on any atom is 0.341 e. The zero-order chi connectivity index (χ0) is 26.0. The smallest absolute Gasteiger partial charge is 0.341 e. The molecule has 0 unspecified atom stereocenters. The molecule has 186 valence electrons. The van der Waals surface area contributed by atoms with Gasteiger partial charge >= 0.3 is 11.9 Å². The highest BCUT2D eigenvalue weighted by Crippen LogP contribution is 2.26. The van der Waals surface area contributed by atoms with Gasteiger partial charge in [0.25, 0.3) is 0 Å². The number of carbonyl (C=O) groups is 2. The fraction of sp³-hybridized carbons (Fsp3) is 0.250. The maximum atomic E-state index is 14.1. The Morgan fingerprint density at radius 1 is 0.857 bits per heavy atom. The second-order valence-corrected chi connectivity index (χ2v) is 7.95. The van der Waals surface area contributed by atoms with Crippen LogP contribution < -0.4 is 5.32 Å². The van der Waals surface area contributed by atoms with Gasteiger partial charge in [-0.25, -0.2) is 23.9 Å². The summed E-state index contributed by atoms with van der Waals surface area (Å²) in [7, 11) is 0. The van der Waals surface area contributed by atoms with Crippen molar-refractivity contribution in [2.24, 2.45) is 0 Å². The van der Waals surface area contributed by atoms with Crippen LogP contribution in [0.1, 0.15) is 47.1 Å². The van der Waals surface area contributed by atoms with Crippen LogP contribution in [0.3, 0.4) is 0 Å². The molecule has 0 radical (unpaired) electrons. The first-order chi connectivity index (χ1) is 16.7. The first kappa shape index (κ1) is 28.3. The summed E-state index contributed by atoms with van der Waals surface area (Å²) in [5, 5.41) is 3.56. The highest BCUT2D eigenvalue weighted by Gasteiger charge is 2.16. The van der Waals surface area contributed by atoms with Gasteiger partial charge in [0.15, 0.2) is 0 Å². The van der Waals surface area contributed by atoms with E-state index >= 15 is 0 Å². The third kappa shape index (κ3) is 8.35. The molecular formula is C24H23Cl3FN3O4. The average Bonchev–Trinajstić information content (AvgIpc) is 2.81. The molecule has 1 aromatic carbocycles. The van der Waals surface area contributed by atoms with Gasteiger partial charge in [-0.2, -0.15) is 0 Å². The number of hydrogen-bond donors (Lipinski definition) is 1. The van der Waals surface area contributed by atoms with Crippen molar-refractivity contribution in [3.05, 3.63) is 80.6 Å². The number of hydrogen-bond acceptors (Lipinski definition) is 7. The fourth-order valence-corrected chi connectivity index (χ4v) is 3.30. The summed E-state index contributed by atoms with van der Waals surface area (Å²) < 4.78 is 23.8. The molecule has 0 saturated heterocycles. The third-order valence-corrected chi connectivity index (χ3v) is 5.12. The second-order valence-electron chi connectivity index (χ2n) is 6.77. The van der Waals surface area contributed by atoms with Gasteiger partial charge in [-0.15, -0.1) is 0 Å². The number of nitrogens with zero attached hydrogens (tertiary/aromatic N) is 2. The highest BCUT2D eigenvalue weighted by molar-refractivity contribution is 6.36. The van der Waals surface area contributed by atoms with E-state index in [1.807, 2.05) is 13.0 Å². The van der Waals surface area contributed by atoms with E-state index < -0.39 is 17.8 Å². The second kappa shape index (κ2) is 13.8. The third-order valence-electron chi connectivity index (χ3n) is 4.39. The quantitative estimate of drug-likeness (QED) is 0.256. The molecule has 7 nitrogen and oxygen atoms in total. The number of nitrogens with one attached hydrogen (secondary N) is 1. The molecule has 2 aromatic heterocycles. The van der Waals surface area contributed by atoms with Gasteiger partial charge < -0.3 is 14.8 Å². The minimum absolute atomic E-state index is 0.195. The maximum absolute atomic E-state index is 14.1. The number of aromatic nitrogens is 2. The van der Waals surface area contributed by atoms with Crippen LogP contribution in [-0.2, 0) is 15.9 Å². The zero-order valence-electron chi connectivity index (χ0n) is 19.2. The Bertz CT molecular complexity index is 1190. The molecule has 11 heteroatoms. The molecule has 3 rings (SSSR count). The highest BCUT2D eigenvalue weighted by atomic mass is 35.5. The van der Waals surface area contributed by atoms with Gasteiger partial charge in [-0.05, 0) is 50.1 Å². The Morgan fingerprint density at radius 3 is 1.97 bits per heavy atom.